The van der Waals surface area contributed by atoms with Gasteiger partial charge in [-0.15, -0.1) is 5.10 Å². The zero-order valence-electron chi connectivity index (χ0n) is 17.1. The van der Waals surface area contributed by atoms with Crippen LogP contribution >= 0.6 is 0 Å². The zero-order valence-corrected chi connectivity index (χ0v) is 17.1. The van der Waals surface area contributed by atoms with Crippen LogP contribution in [0, 0.1) is 0 Å². The summed E-state index contributed by atoms with van der Waals surface area (Å²) >= 11 is 0. The number of ether oxygens (including phenoxy) is 3. The second kappa shape index (κ2) is 8.65. The van der Waals surface area contributed by atoms with Crippen LogP contribution in [0.1, 0.15) is 17.3 Å². The molecule has 5 rings (SSSR count). The summed E-state index contributed by atoms with van der Waals surface area (Å²) in [6.45, 7) is 2.65. The van der Waals surface area contributed by atoms with Gasteiger partial charge in [0.2, 0.25) is 0 Å². The zero-order chi connectivity index (χ0) is 20.3. The SMILES string of the molecule is COCc1cn([C@H]2CO[C@H]3[C@@H]2OC[C@@H]3[NH2+]Cc2ccc(-c3ccccc3)cc2)nn1. The smallest absolute Gasteiger partial charge is 0.140 e. The van der Waals surface area contributed by atoms with Crippen molar-refractivity contribution in [3.05, 3.63) is 72.1 Å². The monoisotopic (exact) mass is 407 g/mol. The first kappa shape index (κ1) is 19.4. The fourth-order valence-corrected chi connectivity index (χ4v) is 4.38. The Morgan fingerprint density at radius 2 is 1.77 bits per heavy atom. The molecule has 2 N–H and O–H groups in total. The molecule has 0 radical (unpaired) electrons. The van der Waals surface area contributed by atoms with Crippen molar-refractivity contribution in [2.24, 2.45) is 0 Å². The van der Waals surface area contributed by atoms with E-state index in [-0.39, 0.29) is 24.3 Å². The van der Waals surface area contributed by atoms with Gasteiger partial charge in [0.25, 0.3) is 0 Å². The number of benzene rings is 2. The van der Waals surface area contributed by atoms with Crippen LogP contribution in [0.5, 0.6) is 0 Å². The number of aromatic nitrogens is 3. The summed E-state index contributed by atoms with van der Waals surface area (Å²) in [5, 5.41) is 10.7. The summed E-state index contributed by atoms with van der Waals surface area (Å²) in [7, 11) is 1.66. The molecule has 2 aliphatic heterocycles. The van der Waals surface area contributed by atoms with Crippen molar-refractivity contribution in [2.75, 3.05) is 20.3 Å². The Kier molecular flexibility index (Phi) is 5.59. The first-order valence-electron chi connectivity index (χ1n) is 10.4. The van der Waals surface area contributed by atoms with Gasteiger partial charge in [0.05, 0.1) is 19.4 Å². The van der Waals surface area contributed by atoms with E-state index in [1.807, 2.05) is 16.9 Å². The highest BCUT2D eigenvalue weighted by Gasteiger charge is 2.50. The third kappa shape index (κ3) is 3.89. The lowest BCUT2D eigenvalue weighted by molar-refractivity contribution is -0.707. The molecule has 0 saturated carbocycles. The minimum absolute atomic E-state index is 0.0174. The van der Waals surface area contributed by atoms with Gasteiger partial charge < -0.3 is 19.5 Å². The van der Waals surface area contributed by atoms with Crippen LogP contribution in [0.4, 0.5) is 0 Å². The van der Waals surface area contributed by atoms with Crippen molar-refractivity contribution in [1.29, 1.82) is 0 Å². The quantitative estimate of drug-likeness (QED) is 0.643. The van der Waals surface area contributed by atoms with Crippen molar-refractivity contribution in [1.82, 2.24) is 15.0 Å². The maximum Gasteiger partial charge on any atom is 0.140 e. The highest BCUT2D eigenvalue weighted by molar-refractivity contribution is 5.63. The highest BCUT2D eigenvalue weighted by atomic mass is 16.6. The third-order valence-corrected chi connectivity index (χ3v) is 5.97. The van der Waals surface area contributed by atoms with Gasteiger partial charge in [0.15, 0.2) is 0 Å². The van der Waals surface area contributed by atoms with Gasteiger partial charge in [0, 0.05) is 12.7 Å². The van der Waals surface area contributed by atoms with Gasteiger partial charge in [-0.25, -0.2) is 4.68 Å². The predicted molar refractivity (Wildman–Crippen MR) is 111 cm³/mol. The van der Waals surface area contributed by atoms with Crippen LogP contribution in [-0.2, 0) is 27.4 Å². The number of methoxy groups -OCH3 is 1. The van der Waals surface area contributed by atoms with Crippen LogP contribution in [-0.4, -0.2) is 53.6 Å². The molecule has 0 aliphatic carbocycles. The van der Waals surface area contributed by atoms with Crippen molar-refractivity contribution in [3.63, 3.8) is 0 Å². The lowest BCUT2D eigenvalue weighted by Crippen LogP contribution is -2.91. The van der Waals surface area contributed by atoms with Crippen LogP contribution < -0.4 is 5.32 Å². The fourth-order valence-electron chi connectivity index (χ4n) is 4.38. The Bertz CT molecular complexity index is 960. The van der Waals surface area contributed by atoms with Gasteiger partial charge >= 0.3 is 0 Å². The van der Waals surface area contributed by atoms with E-state index in [4.69, 9.17) is 14.2 Å². The summed E-state index contributed by atoms with van der Waals surface area (Å²) in [6.07, 6.45) is 2.02. The van der Waals surface area contributed by atoms with Crippen molar-refractivity contribution in [2.45, 2.75) is 37.4 Å². The maximum absolute atomic E-state index is 6.12. The molecule has 2 aromatic carbocycles. The highest BCUT2D eigenvalue weighted by Crippen LogP contribution is 2.33. The molecule has 30 heavy (non-hydrogen) atoms. The van der Waals surface area contributed by atoms with Crippen molar-refractivity contribution in [3.8, 4) is 11.1 Å². The summed E-state index contributed by atoms with van der Waals surface area (Å²) in [5.41, 5.74) is 4.60. The third-order valence-electron chi connectivity index (χ3n) is 5.97. The van der Waals surface area contributed by atoms with Crippen LogP contribution in [0.15, 0.2) is 60.8 Å². The Labute approximate surface area is 176 Å². The maximum atomic E-state index is 6.12. The fraction of sp³-hybridized carbons (Fsp3) is 0.391. The number of nitrogens with zero attached hydrogens (tertiary/aromatic N) is 3. The largest absolute Gasteiger partial charge is 0.378 e. The number of nitrogens with two attached hydrogens (primary N) is 1. The summed E-state index contributed by atoms with van der Waals surface area (Å²) in [6, 6.07) is 19.6. The van der Waals surface area contributed by atoms with E-state index in [1.165, 1.54) is 16.7 Å². The number of fused-ring (bicyclic) bond motifs is 1. The molecule has 0 bridgehead atoms. The van der Waals surface area contributed by atoms with Gasteiger partial charge in [-0.05, 0) is 11.1 Å². The molecule has 4 atom stereocenters. The summed E-state index contributed by atoms with van der Waals surface area (Å²) in [4.78, 5) is 0. The molecular formula is C23H27N4O3+. The standard InChI is InChI=1S/C23H26N4O3/c1-28-13-19-12-27(26-25-19)21-15-30-22-20(14-29-23(21)22)24-11-16-7-9-18(10-8-16)17-5-3-2-4-6-17/h2-10,12,20-24H,11,13-15H2,1H3/p+1/t20-,21-,22+,23+/m0/s1. The minimum atomic E-state index is 0.0174. The van der Waals surface area contributed by atoms with E-state index in [2.05, 4.69) is 64.2 Å². The minimum Gasteiger partial charge on any atom is -0.378 e. The van der Waals surface area contributed by atoms with Crippen LogP contribution in [0.25, 0.3) is 11.1 Å². The normalized spacial score (nSPS) is 25.5. The van der Waals surface area contributed by atoms with E-state index in [9.17, 15) is 0 Å². The molecule has 1 aromatic heterocycles. The topological polar surface area (TPSA) is 75.0 Å². The van der Waals surface area contributed by atoms with E-state index in [0.717, 1.165) is 12.2 Å². The Hall–Kier alpha value is -2.58. The lowest BCUT2D eigenvalue weighted by atomic mass is 10.0. The van der Waals surface area contributed by atoms with E-state index in [1.54, 1.807) is 7.11 Å². The molecule has 7 nitrogen and oxygen atoms in total. The molecule has 2 aliphatic rings. The number of rotatable bonds is 7. The molecule has 156 valence electrons. The van der Waals surface area contributed by atoms with Gasteiger partial charge in [-0.3, -0.25) is 0 Å². The molecule has 0 spiro atoms. The molecule has 3 heterocycles. The number of hydrogen-bond donors (Lipinski definition) is 1. The van der Waals surface area contributed by atoms with Gasteiger partial charge in [-0.1, -0.05) is 59.8 Å². The van der Waals surface area contributed by atoms with Crippen molar-refractivity contribution < 1.29 is 19.5 Å². The second-order valence-corrected chi connectivity index (χ2v) is 7.95. The van der Waals surface area contributed by atoms with E-state index < -0.39 is 0 Å². The first-order chi connectivity index (χ1) is 14.8. The number of hydrogen-bond acceptors (Lipinski definition) is 5. The summed E-state index contributed by atoms with van der Waals surface area (Å²) in [5.74, 6) is 0. The molecule has 0 unspecified atom stereocenters. The molecule has 7 heteroatoms. The number of quaternary nitrogens is 1. The Morgan fingerprint density at radius 1 is 1.00 bits per heavy atom. The average Bonchev–Trinajstić information content (AvgIpc) is 3.51. The molecule has 3 aromatic rings. The van der Waals surface area contributed by atoms with Crippen molar-refractivity contribution >= 4 is 0 Å². The van der Waals surface area contributed by atoms with Gasteiger partial charge in [0.1, 0.15) is 43.1 Å². The van der Waals surface area contributed by atoms with E-state index >= 15 is 0 Å². The Balaban J connectivity index is 1.18. The van der Waals surface area contributed by atoms with Crippen LogP contribution in [0.3, 0.4) is 0 Å². The second-order valence-electron chi connectivity index (χ2n) is 7.95. The first-order valence-corrected chi connectivity index (χ1v) is 10.4. The average molecular weight is 407 g/mol. The summed E-state index contributed by atoms with van der Waals surface area (Å²) < 4.78 is 19.2. The molecular weight excluding hydrogens is 380 g/mol. The van der Waals surface area contributed by atoms with Gasteiger partial charge in [-0.2, -0.15) is 0 Å². The Morgan fingerprint density at radius 3 is 2.57 bits per heavy atom. The molecule has 0 amide bonds. The molecule has 2 fully saturated rings. The van der Waals surface area contributed by atoms with E-state index in [0.29, 0.717) is 19.8 Å². The molecule has 2 saturated heterocycles. The lowest BCUT2D eigenvalue weighted by Gasteiger charge is -2.15. The van der Waals surface area contributed by atoms with Crippen LogP contribution in [0.2, 0.25) is 0 Å². The predicted octanol–water partition coefficient (Wildman–Crippen LogP) is 1.56.